The van der Waals surface area contributed by atoms with Gasteiger partial charge in [0, 0.05) is 55.8 Å². The van der Waals surface area contributed by atoms with Crippen molar-refractivity contribution < 1.29 is 9.66 Å². The molecule has 0 saturated carbocycles. The zero-order chi connectivity index (χ0) is 20.4. The Labute approximate surface area is 169 Å². The van der Waals surface area contributed by atoms with E-state index in [-0.39, 0.29) is 10.6 Å². The van der Waals surface area contributed by atoms with Crippen molar-refractivity contribution in [3.8, 4) is 5.75 Å². The highest BCUT2D eigenvalue weighted by Gasteiger charge is 2.20. The summed E-state index contributed by atoms with van der Waals surface area (Å²) in [6, 6.07) is 14.9. The fourth-order valence-electron chi connectivity index (χ4n) is 3.80. The number of hydrogen-bond acceptors (Lipinski definition) is 6. The minimum absolute atomic E-state index is 0.0900. The van der Waals surface area contributed by atoms with Crippen molar-refractivity contribution in [3.63, 3.8) is 0 Å². The topological polar surface area (TPSA) is 71.7 Å². The Morgan fingerprint density at radius 2 is 1.86 bits per heavy atom. The Balaban J connectivity index is 1.43. The molecule has 7 nitrogen and oxygen atoms in total. The van der Waals surface area contributed by atoms with Crippen LogP contribution in [0.25, 0.3) is 10.9 Å². The second-order valence-electron chi connectivity index (χ2n) is 7.38. The van der Waals surface area contributed by atoms with Crippen molar-refractivity contribution >= 4 is 22.4 Å². The van der Waals surface area contributed by atoms with E-state index in [1.807, 2.05) is 18.2 Å². The number of nitrogens with zero attached hydrogens (tertiary/aromatic N) is 4. The van der Waals surface area contributed by atoms with Gasteiger partial charge in [-0.25, -0.2) is 4.98 Å². The molecule has 3 aromatic rings. The molecule has 7 heteroatoms. The molecule has 0 atom stereocenters. The number of ether oxygens (including phenoxy) is 1. The zero-order valence-corrected chi connectivity index (χ0v) is 16.7. The van der Waals surface area contributed by atoms with E-state index in [9.17, 15) is 10.1 Å². The van der Waals surface area contributed by atoms with E-state index in [1.165, 1.54) is 17.2 Å². The van der Waals surface area contributed by atoms with Crippen LogP contribution >= 0.6 is 0 Å². The fraction of sp³-hybridized carbons (Fsp3) is 0.318. The number of rotatable bonds is 5. The van der Waals surface area contributed by atoms with E-state index >= 15 is 0 Å². The molecule has 0 bridgehead atoms. The number of nitro benzene ring substituents is 1. The number of non-ortho nitro benzene ring substituents is 1. The summed E-state index contributed by atoms with van der Waals surface area (Å²) in [4.78, 5) is 20.0. The van der Waals surface area contributed by atoms with E-state index in [1.54, 1.807) is 19.2 Å². The number of aromatic nitrogens is 1. The maximum Gasteiger partial charge on any atom is 0.270 e. The maximum absolute atomic E-state index is 10.9. The number of hydrogen-bond donors (Lipinski definition) is 0. The summed E-state index contributed by atoms with van der Waals surface area (Å²) < 4.78 is 5.51. The van der Waals surface area contributed by atoms with Gasteiger partial charge in [0.15, 0.2) is 0 Å². The molecule has 4 rings (SSSR count). The molecule has 0 aliphatic carbocycles. The first-order valence-corrected chi connectivity index (χ1v) is 9.69. The van der Waals surface area contributed by atoms with E-state index in [0.29, 0.717) is 0 Å². The average molecular weight is 392 g/mol. The molecule has 0 N–H and O–H groups in total. The lowest BCUT2D eigenvalue weighted by atomic mass is 10.1. The number of anilines is 1. The molecule has 1 aliphatic heterocycles. The average Bonchev–Trinajstić information content (AvgIpc) is 2.73. The predicted octanol–water partition coefficient (Wildman–Crippen LogP) is 3.78. The number of nitro groups is 1. The fourth-order valence-corrected chi connectivity index (χ4v) is 3.80. The Bertz CT molecular complexity index is 1050. The summed E-state index contributed by atoms with van der Waals surface area (Å²) in [5.41, 5.74) is 3.32. The smallest absolute Gasteiger partial charge is 0.270 e. The molecular formula is C22H24N4O3. The van der Waals surface area contributed by atoms with Crippen molar-refractivity contribution in [2.45, 2.75) is 13.5 Å². The Kier molecular flexibility index (Phi) is 5.31. The van der Waals surface area contributed by atoms with Crippen molar-refractivity contribution in [1.82, 2.24) is 9.88 Å². The van der Waals surface area contributed by atoms with Crippen molar-refractivity contribution in [1.29, 1.82) is 0 Å². The number of fused-ring (bicyclic) bond motifs is 1. The highest BCUT2D eigenvalue weighted by atomic mass is 16.6. The van der Waals surface area contributed by atoms with Crippen molar-refractivity contribution in [3.05, 3.63) is 69.8 Å². The lowest BCUT2D eigenvalue weighted by Crippen LogP contribution is -2.46. The van der Waals surface area contributed by atoms with Crippen molar-refractivity contribution in [2.75, 3.05) is 38.2 Å². The second kappa shape index (κ2) is 8.05. The van der Waals surface area contributed by atoms with Gasteiger partial charge in [0.25, 0.3) is 5.69 Å². The minimum Gasteiger partial charge on any atom is -0.496 e. The van der Waals surface area contributed by atoms with Crippen LogP contribution in [0, 0.1) is 17.0 Å². The van der Waals surface area contributed by atoms with Gasteiger partial charge >= 0.3 is 0 Å². The third-order valence-electron chi connectivity index (χ3n) is 5.40. The summed E-state index contributed by atoms with van der Waals surface area (Å²) in [6.45, 7) is 6.63. The third kappa shape index (κ3) is 4.14. The molecular weight excluding hydrogens is 368 g/mol. The number of methoxy groups -OCH3 is 1. The molecule has 1 fully saturated rings. The molecule has 2 aromatic carbocycles. The van der Waals surface area contributed by atoms with Crippen LogP contribution in [0.15, 0.2) is 48.5 Å². The number of piperazine rings is 1. The summed E-state index contributed by atoms with van der Waals surface area (Å²) in [5.74, 6) is 1.85. The van der Waals surface area contributed by atoms with Crippen LogP contribution in [-0.2, 0) is 6.54 Å². The van der Waals surface area contributed by atoms with Crippen LogP contribution in [0.1, 0.15) is 11.1 Å². The van der Waals surface area contributed by atoms with Gasteiger partial charge in [0.1, 0.15) is 11.6 Å². The second-order valence-corrected chi connectivity index (χ2v) is 7.38. The van der Waals surface area contributed by atoms with Gasteiger partial charge < -0.3 is 9.64 Å². The van der Waals surface area contributed by atoms with Gasteiger partial charge in [0.2, 0.25) is 0 Å². The van der Waals surface area contributed by atoms with Gasteiger partial charge in [-0.2, -0.15) is 0 Å². The van der Waals surface area contributed by atoms with E-state index in [0.717, 1.165) is 55.2 Å². The predicted molar refractivity (Wildman–Crippen MR) is 114 cm³/mol. The lowest BCUT2D eigenvalue weighted by Gasteiger charge is -2.35. The first kappa shape index (κ1) is 19.1. The number of pyridine rings is 1. The maximum atomic E-state index is 10.9. The molecule has 0 amide bonds. The van der Waals surface area contributed by atoms with Crippen LogP contribution in [0.4, 0.5) is 11.5 Å². The van der Waals surface area contributed by atoms with Crippen LogP contribution in [-0.4, -0.2) is 48.1 Å². The highest BCUT2D eigenvalue weighted by Crippen LogP contribution is 2.25. The molecule has 1 saturated heterocycles. The minimum atomic E-state index is -0.379. The van der Waals surface area contributed by atoms with Crippen LogP contribution in [0.3, 0.4) is 0 Å². The molecule has 150 valence electrons. The quantitative estimate of drug-likeness (QED) is 0.486. The SMILES string of the molecule is COc1ccc(C)cc1CN1CCN(c2ccc3cc([N+](=O)[O-])ccc3n2)CC1. The zero-order valence-electron chi connectivity index (χ0n) is 16.7. The monoisotopic (exact) mass is 392 g/mol. The normalized spacial score (nSPS) is 14.9. The first-order chi connectivity index (χ1) is 14.0. The molecule has 1 aliphatic rings. The van der Waals surface area contributed by atoms with Gasteiger partial charge in [-0.15, -0.1) is 0 Å². The summed E-state index contributed by atoms with van der Waals surface area (Å²) in [7, 11) is 1.71. The third-order valence-corrected chi connectivity index (χ3v) is 5.40. The molecule has 29 heavy (non-hydrogen) atoms. The van der Waals surface area contributed by atoms with Crippen LogP contribution < -0.4 is 9.64 Å². The van der Waals surface area contributed by atoms with Gasteiger partial charge in [0.05, 0.1) is 17.5 Å². The summed E-state index contributed by atoms with van der Waals surface area (Å²) in [6.07, 6.45) is 0. The van der Waals surface area contributed by atoms with Gasteiger partial charge in [-0.1, -0.05) is 17.7 Å². The molecule has 0 radical (unpaired) electrons. The molecule has 0 unspecified atom stereocenters. The Morgan fingerprint density at radius 1 is 1.07 bits per heavy atom. The lowest BCUT2D eigenvalue weighted by molar-refractivity contribution is -0.384. The van der Waals surface area contributed by atoms with Crippen molar-refractivity contribution in [2.24, 2.45) is 0 Å². The molecule has 2 heterocycles. The van der Waals surface area contributed by atoms with Gasteiger partial charge in [-0.3, -0.25) is 15.0 Å². The Morgan fingerprint density at radius 3 is 2.59 bits per heavy atom. The molecule has 0 spiro atoms. The first-order valence-electron chi connectivity index (χ1n) is 9.69. The van der Waals surface area contributed by atoms with Crippen LogP contribution in [0.5, 0.6) is 5.75 Å². The number of benzene rings is 2. The van der Waals surface area contributed by atoms with Crippen LogP contribution in [0.2, 0.25) is 0 Å². The van der Waals surface area contributed by atoms with E-state index in [2.05, 4.69) is 28.9 Å². The standard InChI is InChI=1S/C22H24N4O3/c1-16-3-7-21(29-2)18(13-16)15-24-9-11-25(12-10-24)22-8-4-17-14-19(26(27)28)5-6-20(17)23-22/h3-8,13-14H,9-12,15H2,1-2H3. The summed E-state index contributed by atoms with van der Waals surface area (Å²) >= 11 is 0. The van der Waals surface area contributed by atoms with E-state index in [4.69, 9.17) is 9.72 Å². The van der Waals surface area contributed by atoms with E-state index < -0.39 is 0 Å². The number of aryl methyl sites for hydroxylation is 1. The Hall–Kier alpha value is -3.19. The summed E-state index contributed by atoms with van der Waals surface area (Å²) in [5, 5.41) is 11.7. The van der Waals surface area contributed by atoms with Gasteiger partial charge in [-0.05, 0) is 31.2 Å². The largest absolute Gasteiger partial charge is 0.496 e. The highest BCUT2D eigenvalue weighted by molar-refractivity contribution is 5.82. The molecule has 1 aromatic heterocycles.